The van der Waals surface area contributed by atoms with E-state index in [4.69, 9.17) is 34.8 Å². The van der Waals surface area contributed by atoms with Gasteiger partial charge < -0.3 is 0 Å². The van der Waals surface area contributed by atoms with Gasteiger partial charge in [0.15, 0.2) is 11.6 Å². The van der Waals surface area contributed by atoms with Crippen molar-refractivity contribution in [3.8, 4) is 11.4 Å². The molecule has 4 aromatic rings. The first-order valence-electron chi connectivity index (χ1n) is 8.37. The van der Waals surface area contributed by atoms with E-state index < -0.39 is 0 Å². The molecule has 0 aliphatic carbocycles. The summed E-state index contributed by atoms with van der Waals surface area (Å²) < 4.78 is 0. The normalized spacial score (nSPS) is 11.2. The smallest absolute Gasteiger partial charge is 0.162 e. The van der Waals surface area contributed by atoms with Gasteiger partial charge in [0.05, 0.1) is 16.8 Å². The highest BCUT2D eigenvalue weighted by Crippen LogP contribution is 2.26. The summed E-state index contributed by atoms with van der Waals surface area (Å²) in [6.07, 6.45) is 1.62. The zero-order chi connectivity index (χ0) is 19.5. The van der Waals surface area contributed by atoms with Crippen molar-refractivity contribution < 1.29 is 0 Å². The van der Waals surface area contributed by atoms with Gasteiger partial charge in [0.2, 0.25) is 0 Å². The molecule has 0 atom stereocenters. The highest BCUT2D eigenvalue weighted by Gasteiger charge is 2.09. The summed E-state index contributed by atoms with van der Waals surface area (Å²) in [5, 5.41) is 6.90. The van der Waals surface area contributed by atoms with Gasteiger partial charge in [-0.05, 0) is 48.5 Å². The van der Waals surface area contributed by atoms with E-state index in [0.29, 0.717) is 26.7 Å². The average molecular weight is 428 g/mol. The lowest BCUT2D eigenvalue weighted by molar-refractivity contribution is 1.19. The van der Waals surface area contributed by atoms with Crippen LogP contribution in [-0.2, 0) is 0 Å². The Morgan fingerprint density at radius 1 is 0.821 bits per heavy atom. The van der Waals surface area contributed by atoms with Crippen molar-refractivity contribution in [1.29, 1.82) is 0 Å². The highest BCUT2D eigenvalue weighted by atomic mass is 35.5. The van der Waals surface area contributed by atoms with Crippen molar-refractivity contribution in [3.63, 3.8) is 0 Å². The second-order valence-corrected chi connectivity index (χ2v) is 7.24. The third kappa shape index (κ3) is 4.09. The van der Waals surface area contributed by atoms with Gasteiger partial charge in [-0.15, -0.1) is 0 Å². The molecule has 0 saturated heterocycles. The molecule has 0 radical (unpaired) electrons. The molecular formula is C21H13Cl3N4. The molecule has 0 aliphatic rings. The van der Waals surface area contributed by atoms with Crippen molar-refractivity contribution >= 4 is 57.7 Å². The topological polar surface area (TPSA) is 50.2 Å². The van der Waals surface area contributed by atoms with Crippen LogP contribution < -0.4 is 5.43 Å². The molecule has 1 aromatic heterocycles. The van der Waals surface area contributed by atoms with Gasteiger partial charge in [-0.1, -0.05) is 53.0 Å². The molecule has 28 heavy (non-hydrogen) atoms. The summed E-state index contributed by atoms with van der Waals surface area (Å²) in [5.74, 6) is 1.18. The van der Waals surface area contributed by atoms with Crippen molar-refractivity contribution in [2.75, 3.05) is 5.43 Å². The predicted octanol–water partition coefficient (Wildman–Crippen LogP) is 6.70. The zero-order valence-corrected chi connectivity index (χ0v) is 16.7. The molecular weight excluding hydrogens is 415 g/mol. The summed E-state index contributed by atoms with van der Waals surface area (Å²) in [7, 11) is 0. The van der Waals surface area contributed by atoms with E-state index in [1.807, 2.05) is 48.5 Å². The van der Waals surface area contributed by atoms with Gasteiger partial charge in [-0.2, -0.15) is 5.10 Å². The van der Waals surface area contributed by atoms with Crippen LogP contribution in [0.3, 0.4) is 0 Å². The number of nitrogens with zero attached hydrogens (tertiary/aromatic N) is 3. The zero-order valence-electron chi connectivity index (χ0n) is 14.4. The van der Waals surface area contributed by atoms with Crippen LogP contribution in [0.15, 0.2) is 71.8 Å². The molecule has 0 fully saturated rings. The lowest BCUT2D eigenvalue weighted by atomic mass is 10.2. The first-order valence-corrected chi connectivity index (χ1v) is 9.50. The fourth-order valence-corrected chi connectivity index (χ4v) is 3.24. The third-order valence-corrected chi connectivity index (χ3v) is 4.86. The Hall–Kier alpha value is -2.66. The summed E-state index contributed by atoms with van der Waals surface area (Å²) in [5.41, 5.74) is 5.42. The van der Waals surface area contributed by atoms with Crippen molar-refractivity contribution in [3.05, 3.63) is 87.4 Å². The molecule has 3 aromatic carbocycles. The molecule has 0 spiro atoms. The molecule has 4 nitrogen and oxygen atoms in total. The fourth-order valence-electron chi connectivity index (χ4n) is 2.66. The van der Waals surface area contributed by atoms with Crippen molar-refractivity contribution in [2.45, 2.75) is 0 Å². The number of fused-ring (bicyclic) bond motifs is 1. The number of benzene rings is 3. The standard InChI is InChI=1S/C21H13Cl3N4/c22-15-8-5-13(6-9-15)20-26-19-4-2-1-3-17(19)21(27-20)28-25-12-14-7-10-16(23)11-18(14)24/h1-12H,(H,26,27,28). The van der Waals surface area contributed by atoms with Gasteiger partial charge >= 0.3 is 0 Å². The largest absolute Gasteiger partial charge is 0.261 e. The van der Waals surface area contributed by atoms with Gasteiger partial charge in [0.1, 0.15) is 0 Å². The van der Waals surface area contributed by atoms with Crippen LogP contribution in [0.25, 0.3) is 22.3 Å². The Bertz CT molecular complexity index is 1170. The number of aromatic nitrogens is 2. The van der Waals surface area contributed by atoms with Crippen molar-refractivity contribution in [2.24, 2.45) is 5.10 Å². The minimum Gasteiger partial charge on any atom is -0.261 e. The van der Waals surface area contributed by atoms with Crippen LogP contribution in [0.2, 0.25) is 15.1 Å². The predicted molar refractivity (Wildman–Crippen MR) is 118 cm³/mol. The Morgan fingerprint density at radius 3 is 2.36 bits per heavy atom. The van der Waals surface area contributed by atoms with Crippen LogP contribution in [0.5, 0.6) is 0 Å². The Morgan fingerprint density at radius 2 is 1.57 bits per heavy atom. The van der Waals surface area contributed by atoms with E-state index in [-0.39, 0.29) is 0 Å². The maximum Gasteiger partial charge on any atom is 0.162 e. The lowest BCUT2D eigenvalue weighted by Crippen LogP contribution is -1.99. The number of nitrogens with one attached hydrogen (secondary N) is 1. The number of anilines is 1. The molecule has 1 heterocycles. The SMILES string of the molecule is Clc1ccc(-c2nc(NN=Cc3ccc(Cl)cc3Cl)c3ccccc3n2)cc1. The number of hydrogen-bond acceptors (Lipinski definition) is 4. The molecule has 7 heteroatoms. The molecule has 4 rings (SSSR count). The fraction of sp³-hybridized carbons (Fsp3) is 0. The Kier molecular flexibility index (Phi) is 5.44. The van der Waals surface area contributed by atoms with Gasteiger partial charge in [0, 0.05) is 26.6 Å². The number of rotatable bonds is 4. The quantitative estimate of drug-likeness (QED) is 0.291. The molecule has 0 saturated carbocycles. The number of hydrogen-bond donors (Lipinski definition) is 1. The summed E-state index contributed by atoms with van der Waals surface area (Å²) in [6.45, 7) is 0. The monoisotopic (exact) mass is 426 g/mol. The van der Waals surface area contributed by atoms with Crippen LogP contribution in [0.1, 0.15) is 5.56 Å². The van der Waals surface area contributed by atoms with Crippen LogP contribution in [0.4, 0.5) is 5.82 Å². The third-order valence-electron chi connectivity index (χ3n) is 4.04. The summed E-state index contributed by atoms with van der Waals surface area (Å²) >= 11 is 18.1. The van der Waals surface area contributed by atoms with Gasteiger partial charge in [0.25, 0.3) is 0 Å². The second-order valence-electron chi connectivity index (χ2n) is 5.96. The van der Waals surface area contributed by atoms with E-state index in [0.717, 1.165) is 22.0 Å². The van der Waals surface area contributed by atoms with Gasteiger partial charge in [-0.25, -0.2) is 9.97 Å². The minimum atomic E-state index is 0.521. The molecule has 0 aliphatic heterocycles. The highest BCUT2D eigenvalue weighted by molar-refractivity contribution is 6.36. The lowest BCUT2D eigenvalue weighted by Gasteiger charge is -2.08. The van der Waals surface area contributed by atoms with E-state index in [1.54, 1.807) is 24.4 Å². The van der Waals surface area contributed by atoms with Crippen LogP contribution >= 0.6 is 34.8 Å². The molecule has 0 bridgehead atoms. The molecule has 0 amide bonds. The van der Waals surface area contributed by atoms with E-state index >= 15 is 0 Å². The van der Waals surface area contributed by atoms with E-state index in [1.165, 1.54) is 0 Å². The first-order chi connectivity index (χ1) is 13.6. The molecule has 138 valence electrons. The Balaban J connectivity index is 1.71. The average Bonchev–Trinajstić information content (AvgIpc) is 2.70. The van der Waals surface area contributed by atoms with Gasteiger partial charge in [-0.3, -0.25) is 5.43 Å². The number of halogens is 3. The minimum absolute atomic E-state index is 0.521. The van der Waals surface area contributed by atoms with Crippen LogP contribution in [0, 0.1) is 0 Å². The van der Waals surface area contributed by atoms with Crippen LogP contribution in [-0.4, -0.2) is 16.2 Å². The molecule has 0 unspecified atom stereocenters. The summed E-state index contributed by atoms with van der Waals surface area (Å²) in [4.78, 5) is 9.28. The molecule has 1 N–H and O–H groups in total. The second kappa shape index (κ2) is 8.15. The number of para-hydroxylation sites is 1. The number of hydrazone groups is 1. The summed E-state index contributed by atoms with van der Waals surface area (Å²) in [6, 6.07) is 20.3. The maximum absolute atomic E-state index is 6.18. The maximum atomic E-state index is 6.18. The Labute approximate surface area is 176 Å². The first kappa shape index (κ1) is 18.7. The van der Waals surface area contributed by atoms with E-state index in [9.17, 15) is 0 Å². The van der Waals surface area contributed by atoms with Crippen molar-refractivity contribution in [1.82, 2.24) is 9.97 Å². The van der Waals surface area contributed by atoms with E-state index in [2.05, 4.69) is 20.5 Å².